The smallest absolute Gasteiger partial charge is 0.130 e. The molecule has 0 aliphatic rings. The fraction of sp³-hybridized carbons (Fsp3) is 0.400. The molecule has 0 amide bonds. The van der Waals surface area contributed by atoms with Crippen LogP contribution in [0, 0.1) is 0 Å². The molecule has 1 unspecified atom stereocenters. The summed E-state index contributed by atoms with van der Waals surface area (Å²) in [6.45, 7) is 6.68. The molecule has 1 aromatic heterocycles. The van der Waals surface area contributed by atoms with Gasteiger partial charge in [0.25, 0.3) is 0 Å². The minimum absolute atomic E-state index is 0.0718. The van der Waals surface area contributed by atoms with Crippen LogP contribution < -0.4 is 10.5 Å². The monoisotopic (exact) mass is 337 g/mol. The quantitative estimate of drug-likeness (QED) is 0.902. The molecule has 4 nitrogen and oxygen atoms in total. The van der Waals surface area contributed by atoms with Crippen LogP contribution in [0.2, 0.25) is 0 Å². The number of nitrogens with two attached hydrogens (primary N) is 1. The van der Waals surface area contributed by atoms with Gasteiger partial charge in [-0.15, -0.1) is 0 Å². The average Bonchev–Trinajstić information content (AvgIpc) is 2.85. The molecule has 1 heterocycles. The third-order valence-corrected chi connectivity index (χ3v) is 3.63. The lowest BCUT2D eigenvalue weighted by Crippen LogP contribution is -2.10. The minimum atomic E-state index is -0.0718. The van der Waals surface area contributed by atoms with Gasteiger partial charge in [-0.2, -0.15) is 0 Å². The maximum atomic E-state index is 5.99. The van der Waals surface area contributed by atoms with E-state index in [1.54, 1.807) is 0 Å². The number of halogens is 1. The molecule has 1 atom stereocenters. The molecule has 0 radical (unpaired) electrons. The first-order chi connectivity index (χ1) is 9.49. The van der Waals surface area contributed by atoms with Gasteiger partial charge < -0.3 is 15.0 Å². The molecule has 2 aromatic rings. The maximum absolute atomic E-state index is 5.99. The lowest BCUT2D eigenvalue weighted by atomic mass is 10.1. The fourth-order valence-corrected chi connectivity index (χ4v) is 2.45. The number of imidazole rings is 1. The third-order valence-electron chi connectivity index (χ3n) is 3.14. The molecule has 0 aliphatic carbocycles. The highest BCUT2D eigenvalue weighted by molar-refractivity contribution is 9.10. The normalized spacial score (nSPS) is 12.7. The summed E-state index contributed by atoms with van der Waals surface area (Å²) in [5.41, 5.74) is 8.04. The Hall–Kier alpha value is -1.33. The van der Waals surface area contributed by atoms with E-state index in [0.717, 1.165) is 21.5 Å². The first kappa shape index (κ1) is 15.1. The van der Waals surface area contributed by atoms with Gasteiger partial charge in [-0.3, -0.25) is 0 Å². The molecule has 2 N–H and O–H groups in total. The lowest BCUT2D eigenvalue weighted by molar-refractivity contribution is 0.288. The number of hydrogen-bond donors (Lipinski definition) is 1. The summed E-state index contributed by atoms with van der Waals surface area (Å²) in [5.74, 6) is 0.819. The Kier molecular flexibility index (Phi) is 4.83. The van der Waals surface area contributed by atoms with Crippen molar-refractivity contribution in [2.75, 3.05) is 0 Å². The number of ether oxygens (including phenoxy) is 1. The van der Waals surface area contributed by atoms with Crippen LogP contribution in [-0.2, 0) is 6.61 Å². The lowest BCUT2D eigenvalue weighted by Gasteiger charge is -2.16. The number of nitrogens with zero attached hydrogens (tertiary/aromatic N) is 2. The molecule has 0 fully saturated rings. The van der Waals surface area contributed by atoms with Gasteiger partial charge >= 0.3 is 0 Å². The second-order valence-electron chi connectivity index (χ2n) is 5.15. The molecule has 5 heteroatoms. The van der Waals surface area contributed by atoms with Gasteiger partial charge in [0.2, 0.25) is 0 Å². The molecule has 1 aromatic carbocycles. The van der Waals surface area contributed by atoms with E-state index in [1.807, 2.05) is 37.6 Å². The minimum Gasteiger partial charge on any atom is -0.487 e. The van der Waals surface area contributed by atoms with Crippen molar-refractivity contribution in [3.05, 3.63) is 46.5 Å². The van der Waals surface area contributed by atoms with E-state index >= 15 is 0 Å². The van der Waals surface area contributed by atoms with E-state index in [-0.39, 0.29) is 6.04 Å². The molecule has 0 saturated carbocycles. The standard InChI is InChI=1S/C15H20BrN3O/c1-10(2)19-9-18-7-13(19)8-20-15-5-4-12(16)6-14(15)11(3)17/h4-7,9-11H,8,17H2,1-3H3. The molecule has 0 saturated heterocycles. The molecule has 0 bridgehead atoms. The number of aromatic nitrogens is 2. The van der Waals surface area contributed by atoms with E-state index < -0.39 is 0 Å². The zero-order valence-electron chi connectivity index (χ0n) is 12.0. The Morgan fingerprint density at radius 3 is 2.75 bits per heavy atom. The Balaban J connectivity index is 2.17. The Morgan fingerprint density at radius 1 is 1.35 bits per heavy atom. The second-order valence-corrected chi connectivity index (χ2v) is 6.06. The Morgan fingerprint density at radius 2 is 2.10 bits per heavy atom. The topological polar surface area (TPSA) is 53.1 Å². The van der Waals surface area contributed by atoms with Gasteiger partial charge in [-0.1, -0.05) is 15.9 Å². The van der Waals surface area contributed by atoms with Crippen LogP contribution in [0.3, 0.4) is 0 Å². The van der Waals surface area contributed by atoms with E-state index in [4.69, 9.17) is 10.5 Å². The largest absolute Gasteiger partial charge is 0.487 e. The second kappa shape index (κ2) is 6.41. The van der Waals surface area contributed by atoms with Crippen molar-refractivity contribution in [1.29, 1.82) is 0 Å². The Labute approximate surface area is 128 Å². The van der Waals surface area contributed by atoms with Crippen molar-refractivity contribution in [3.63, 3.8) is 0 Å². The molecule has 0 spiro atoms. The van der Waals surface area contributed by atoms with Crippen molar-refractivity contribution in [1.82, 2.24) is 9.55 Å². The van der Waals surface area contributed by atoms with E-state index in [0.29, 0.717) is 12.6 Å². The van der Waals surface area contributed by atoms with Gasteiger partial charge in [-0.25, -0.2) is 4.98 Å². The molecule has 108 valence electrons. The summed E-state index contributed by atoms with van der Waals surface area (Å²) in [5, 5.41) is 0. The summed E-state index contributed by atoms with van der Waals surface area (Å²) in [6.07, 6.45) is 3.67. The van der Waals surface area contributed by atoms with Gasteiger partial charge in [0.15, 0.2) is 0 Å². The van der Waals surface area contributed by atoms with Crippen LogP contribution in [0.5, 0.6) is 5.75 Å². The zero-order valence-corrected chi connectivity index (χ0v) is 13.6. The predicted octanol–water partition coefficient (Wildman–Crippen LogP) is 3.83. The van der Waals surface area contributed by atoms with Gasteiger partial charge in [0, 0.05) is 22.1 Å². The summed E-state index contributed by atoms with van der Waals surface area (Å²) >= 11 is 3.46. The van der Waals surface area contributed by atoms with Crippen LogP contribution in [0.15, 0.2) is 35.2 Å². The third kappa shape index (κ3) is 3.41. The van der Waals surface area contributed by atoms with Crippen LogP contribution in [0.4, 0.5) is 0 Å². The van der Waals surface area contributed by atoms with Crippen molar-refractivity contribution in [2.24, 2.45) is 5.73 Å². The molecular formula is C15H20BrN3O. The number of rotatable bonds is 5. The average molecular weight is 338 g/mol. The zero-order chi connectivity index (χ0) is 14.7. The summed E-state index contributed by atoms with van der Waals surface area (Å²) in [6, 6.07) is 6.20. The fourth-order valence-electron chi connectivity index (χ4n) is 2.07. The maximum Gasteiger partial charge on any atom is 0.130 e. The highest BCUT2D eigenvalue weighted by Gasteiger charge is 2.11. The van der Waals surface area contributed by atoms with Crippen molar-refractivity contribution < 1.29 is 4.74 Å². The summed E-state index contributed by atoms with van der Waals surface area (Å²) in [4.78, 5) is 4.18. The highest BCUT2D eigenvalue weighted by Crippen LogP contribution is 2.28. The first-order valence-corrected chi connectivity index (χ1v) is 7.47. The van der Waals surface area contributed by atoms with Crippen molar-refractivity contribution >= 4 is 15.9 Å². The van der Waals surface area contributed by atoms with E-state index in [2.05, 4.69) is 39.3 Å². The van der Waals surface area contributed by atoms with Crippen molar-refractivity contribution in [3.8, 4) is 5.75 Å². The number of hydrogen-bond acceptors (Lipinski definition) is 3. The first-order valence-electron chi connectivity index (χ1n) is 6.67. The summed E-state index contributed by atoms with van der Waals surface area (Å²) < 4.78 is 9.03. The van der Waals surface area contributed by atoms with Crippen LogP contribution in [0.1, 0.15) is 44.1 Å². The molecule has 20 heavy (non-hydrogen) atoms. The van der Waals surface area contributed by atoms with Crippen LogP contribution in [0.25, 0.3) is 0 Å². The summed E-state index contributed by atoms with van der Waals surface area (Å²) in [7, 11) is 0. The molecule has 0 aliphatic heterocycles. The van der Waals surface area contributed by atoms with E-state index in [1.165, 1.54) is 0 Å². The van der Waals surface area contributed by atoms with Crippen molar-refractivity contribution in [2.45, 2.75) is 39.5 Å². The van der Waals surface area contributed by atoms with Gasteiger partial charge in [0.05, 0.1) is 18.2 Å². The highest BCUT2D eigenvalue weighted by atomic mass is 79.9. The molecular weight excluding hydrogens is 318 g/mol. The molecule has 2 rings (SSSR count). The van der Waals surface area contributed by atoms with Crippen LogP contribution in [-0.4, -0.2) is 9.55 Å². The van der Waals surface area contributed by atoms with Gasteiger partial charge in [-0.05, 0) is 39.0 Å². The van der Waals surface area contributed by atoms with Crippen LogP contribution >= 0.6 is 15.9 Å². The SMILES string of the molecule is CC(N)c1cc(Br)ccc1OCc1cncn1C(C)C. The number of benzene rings is 1. The van der Waals surface area contributed by atoms with Gasteiger partial charge in [0.1, 0.15) is 12.4 Å². The van der Waals surface area contributed by atoms with E-state index in [9.17, 15) is 0 Å². The predicted molar refractivity (Wildman–Crippen MR) is 83.7 cm³/mol. The Bertz CT molecular complexity index is 578.